The van der Waals surface area contributed by atoms with E-state index in [0.29, 0.717) is 18.3 Å². The van der Waals surface area contributed by atoms with Crippen molar-refractivity contribution in [2.75, 3.05) is 25.0 Å². The Morgan fingerprint density at radius 1 is 1.23 bits per heavy atom. The van der Waals surface area contributed by atoms with Crippen molar-refractivity contribution in [2.45, 2.75) is 25.9 Å². The van der Waals surface area contributed by atoms with E-state index in [0.717, 1.165) is 31.0 Å². The van der Waals surface area contributed by atoms with Crippen molar-refractivity contribution in [1.82, 2.24) is 20.2 Å². The number of aliphatic imine (C=N–C) groups is 1. The number of anilines is 1. The molecule has 0 aliphatic carbocycles. The second kappa shape index (κ2) is 8.98. The summed E-state index contributed by atoms with van der Waals surface area (Å²) in [7, 11) is 1.75. The van der Waals surface area contributed by atoms with Crippen LogP contribution < -0.4 is 15.5 Å². The number of rotatable bonds is 5. The summed E-state index contributed by atoms with van der Waals surface area (Å²) in [6.45, 7) is 4.54. The van der Waals surface area contributed by atoms with Crippen LogP contribution in [0.2, 0.25) is 0 Å². The van der Waals surface area contributed by atoms with Gasteiger partial charge in [-0.05, 0) is 43.2 Å². The molecular formula is C23H27FN6. The van der Waals surface area contributed by atoms with Gasteiger partial charge in [-0.1, -0.05) is 23.8 Å². The Balaban J connectivity index is 1.31. The summed E-state index contributed by atoms with van der Waals surface area (Å²) in [4.78, 5) is 10.7. The van der Waals surface area contributed by atoms with Gasteiger partial charge >= 0.3 is 0 Å². The zero-order valence-corrected chi connectivity index (χ0v) is 17.3. The monoisotopic (exact) mass is 406 g/mol. The number of aryl methyl sites for hydroxylation is 1. The molecule has 0 amide bonds. The third-order valence-electron chi connectivity index (χ3n) is 5.41. The summed E-state index contributed by atoms with van der Waals surface area (Å²) >= 11 is 0. The lowest BCUT2D eigenvalue weighted by Crippen LogP contribution is -2.44. The van der Waals surface area contributed by atoms with Crippen LogP contribution in [0.15, 0.2) is 66.2 Å². The first-order chi connectivity index (χ1) is 14.6. The highest BCUT2D eigenvalue weighted by Gasteiger charge is 2.23. The highest BCUT2D eigenvalue weighted by molar-refractivity contribution is 5.80. The molecule has 156 valence electrons. The molecule has 2 aromatic carbocycles. The molecule has 2 N–H and O–H groups in total. The lowest BCUT2D eigenvalue weighted by Gasteiger charge is -2.20. The second-order valence-electron chi connectivity index (χ2n) is 7.59. The van der Waals surface area contributed by atoms with Crippen LogP contribution in [0.1, 0.15) is 17.5 Å². The van der Waals surface area contributed by atoms with Gasteiger partial charge in [0, 0.05) is 50.8 Å². The number of imidazole rings is 1. The smallest absolute Gasteiger partial charge is 0.191 e. The minimum Gasteiger partial charge on any atom is -0.369 e. The van der Waals surface area contributed by atoms with E-state index in [-0.39, 0.29) is 5.82 Å². The molecule has 1 saturated heterocycles. The third-order valence-corrected chi connectivity index (χ3v) is 5.41. The Hall–Kier alpha value is -3.35. The predicted octanol–water partition coefficient (Wildman–Crippen LogP) is 3.26. The lowest BCUT2D eigenvalue weighted by atomic mass is 10.2. The Morgan fingerprint density at radius 2 is 2.07 bits per heavy atom. The van der Waals surface area contributed by atoms with Crippen molar-refractivity contribution in [3.8, 4) is 5.69 Å². The maximum absolute atomic E-state index is 14.4. The molecule has 30 heavy (non-hydrogen) atoms. The molecule has 0 spiro atoms. The summed E-state index contributed by atoms with van der Waals surface area (Å²) in [5.41, 5.74) is 3.86. The largest absolute Gasteiger partial charge is 0.369 e. The van der Waals surface area contributed by atoms with Crippen LogP contribution in [0.5, 0.6) is 0 Å². The zero-order valence-electron chi connectivity index (χ0n) is 17.3. The molecule has 3 aromatic rings. The molecule has 1 aromatic heterocycles. The first-order valence-electron chi connectivity index (χ1n) is 10.2. The summed E-state index contributed by atoms with van der Waals surface area (Å²) in [5.74, 6) is 0.449. The molecule has 1 unspecified atom stereocenters. The van der Waals surface area contributed by atoms with Gasteiger partial charge in [0.1, 0.15) is 5.82 Å². The Kier molecular flexibility index (Phi) is 5.97. The number of guanidine groups is 1. The molecule has 0 radical (unpaired) electrons. The van der Waals surface area contributed by atoms with Gasteiger partial charge in [-0.25, -0.2) is 9.37 Å². The van der Waals surface area contributed by atoms with Gasteiger partial charge < -0.3 is 20.1 Å². The molecular weight excluding hydrogens is 379 g/mol. The van der Waals surface area contributed by atoms with Gasteiger partial charge in [0.2, 0.25) is 0 Å². The summed E-state index contributed by atoms with van der Waals surface area (Å²) in [5, 5.41) is 6.78. The minimum atomic E-state index is -0.278. The summed E-state index contributed by atoms with van der Waals surface area (Å²) < 4.78 is 16.1. The number of nitrogens with zero attached hydrogens (tertiary/aromatic N) is 4. The van der Waals surface area contributed by atoms with Crippen molar-refractivity contribution in [3.63, 3.8) is 0 Å². The molecule has 0 saturated carbocycles. The molecule has 0 bridgehead atoms. The molecule has 1 fully saturated rings. The number of benzene rings is 2. The highest BCUT2D eigenvalue weighted by atomic mass is 19.1. The molecule has 1 atom stereocenters. The number of aromatic nitrogens is 2. The van der Waals surface area contributed by atoms with E-state index in [4.69, 9.17) is 0 Å². The average Bonchev–Trinajstić information content (AvgIpc) is 3.44. The molecule has 6 nitrogen and oxygen atoms in total. The van der Waals surface area contributed by atoms with Crippen LogP contribution >= 0.6 is 0 Å². The Morgan fingerprint density at radius 3 is 2.77 bits per heavy atom. The number of halogens is 1. The van der Waals surface area contributed by atoms with Gasteiger partial charge in [-0.15, -0.1) is 0 Å². The first kappa shape index (κ1) is 19.9. The fraction of sp³-hybridized carbons (Fsp3) is 0.304. The van der Waals surface area contributed by atoms with E-state index >= 15 is 0 Å². The van der Waals surface area contributed by atoms with Crippen LogP contribution in [0.4, 0.5) is 10.1 Å². The van der Waals surface area contributed by atoms with E-state index in [1.807, 2.05) is 6.07 Å². The SMILES string of the molecule is CN=C(NCc1ccc(-n2ccnc2)c(F)c1)NC1CCN(c2ccc(C)cc2)C1. The second-order valence-corrected chi connectivity index (χ2v) is 7.59. The van der Waals surface area contributed by atoms with E-state index in [9.17, 15) is 4.39 Å². The standard InChI is InChI=1S/C23H27FN6/c1-17-3-6-20(7-4-17)29-11-9-19(15-29)28-23(25-2)27-14-18-5-8-22(21(24)13-18)30-12-10-26-16-30/h3-8,10,12-13,16,19H,9,11,14-15H2,1-2H3,(H2,25,27,28). The summed E-state index contributed by atoms with van der Waals surface area (Å²) in [6, 6.07) is 14.2. The average molecular weight is 407 g/mol. The fourth-order valence-electron chi connectivity index (χ4n) is 3.71. The maximum Gasteiger partial charge on any atom is 0.191 e. The van der Waals surface area contributed by atoms with Crippen molar-refractivity contribution >= 4 is 11.6 Å². The van der Waals surface area contributed by atoms with Gasteiger partial charge in [0.25, 0.3) is 0 Å². The number of nitrogens with one attached hydrogen (secondary N) is 2. The van der Waals surface area contributed by atoms with E-state index in [1.165, 1.54) is 11.3 Å². The Bertz CT molecular complexity index is 997. The highest BCUT2D eigenvalue weighted by Crippen LogP contribution is 2.21. The topological polar surface area (TPSA) is 57.5 Å². The summed E-state index contributed by atoms with van der Waals surface area (Å²) in [6.07, 6.45) is 5.99. The van der Waals surface area contributed by atoms with Gasteiger partial charge in [0.15, 0.2) is 5.96 Å². The van der Waals surface area contributed by atoms with Gasteiger partial charge in [-0.2, -0.15) is 0 Å². The van der Waals surface area contributed by atoms with Crippen LogP contribution in [-0.2, 0) is 6.54 Å². The minimum absolute atomic E-state index is 0.278. The fourth-order valence-corrected chi connectivity index (χ4v) is 3.71. The lowest BCUT2D eigenvalue weighted by molar-refractivity contribution is 0.613. The normalized spacial score (nSPS) is 16.7. The Labute approximate surface area is 176 Å². The van der Waals surface area contributed by atoms with E-state index < -0.39 is 0 Å². The van der Waals surface area contributed by atoms with Crippen LogP contribution in [0, 0.1) is 12.7 Å². The van der Waals surface area contributed by atoms with Crippen molar-refractivity contribution < 1.29 is 4.39 Å². The third kappa shape index (κ3) is 4.62. The van der Waals surface area contributed by atoms with E-state index in [2.05, 4.69) is 56.7 Å². The maximum atomic E-state index is 14.4. The van der Waals surface area contributed by atoms with E-state index in [1.54, 1.807) is 42.5 Å². The van der Waals surface area contributed by atoms with Gasteiger partial charge in [0.05, 0.1) is 12.0 Å². The molecule has 2 heterocycles. The molecule has 1 aliphatic heterocycles. The van der Waals surface area contributed by atoms with Gasteiger partial charge in [-0.3, -0.25) is 4.99 Å². The van der Waals surface area contributed by atoms with Crippen molar-refractivity contribution in [2.24, 2.45) is 4.99 Å². The first-order valence-corrected chi connectivity index (χ1v) is 10.2. The quantitative estimate of drug-likeness (QED) is 0.504. The van der Waals surface area contributed by atoms with Crippen molar-refractivity contribution in [1.29, 1.82) is 0 Å². The number of hydrogen-bond acceptors (Lipinski definition) is 3. The van der Waals surface area contributed by atoms with Crippen LogP contribution in [0.3, 0.4) is 0 Å². The molecule has 4 rings (SSSR count). The number of hydrogen-bond donors (Lipinski definition) is 2. The zero-order chi connectivity index (χ0) is 20.9. The van der Waals surface area contributed by atoms with Crippen molar-refractivity contribution in [3.05, 3.63) is 78.1 Å². The molecule has 1 aliphatic rings. The van der Waals surface area contributed by atoms with Crippen LogP contribution in [-0.4, -0.2) is 41.7 Å². The predicted molar refractivity (Wildman–Crippen MR) is 119 cm³/mol. The molecule has 7 heteroatoms. The van der Waals surface area contributed by atoms with Crippen LogP contribution in [0.25, 0.3) is 5.69 Å².